The van der Waals surface area contributed by atoms with E-state index in [1.54, 1.807) is 20.7 Å². The van der Waals surface area contributed by atoms with E-state index in [4.69, 9.17) is 8.83 Å². The summed E-state index contributed by atoms with van der Waals surface area (Å²) < 4.78 is 13.5. The van der Waals surface area contributed by atoms with Crippen LogP contribution < -0.4 is 46.4 Å². The summed E-state index contributed by atoms with van der Waals surface area (Å²) in [6.45, 7) is 20.7. The average Bonchev–Trinajstić information content (AvgIpc) is 4.14. The largest absolute Gasteiger partial charge is 0.456 e. The van der Waals surface area contributed by atoms with Crippen LogP contribution in [0.3, 0.4) is 0 Å². The molecule has 69 heavy (non-hydrogen) atoms. The Morgan fingerprint density at radius 2 is 0.855 bits per heavy atom. The molecule has 0 N–H and O–H groups in total. The van der Waals surface area contributed by atoms with E-state index in [1.807, 2.05) is 0 Å². The van der Waals surface area contributed by atoms with Crippen molar-refractivity contribution in [2.45, 2.75) is 52.4 Å². The van der Waals surface area contributed by atoms with Crippen LogP contribution in [0.4, 0.5) is 17.1 Å². The molecule has 0 fully saturated rings. The summed E-state index contributed by atoms with van der Waals surface area (Å²) in [6.07, 6.45) is 0. The summed E-state index contributed by atoms with van der Waals surface area (Å²) >= 11 is 0. The Balaban J connectivity index is 0.907. The molecule has 0 saturated heterocycles. The number of furan rings is 2. The van der Waals surface area contributed by atoms with Crippen molar-refractivity contribution in [3.8, 4) is 44.5 Å². The Morgan fingerprint density at radius 3 is 1.61 bits per heavy atom. The van der Waals surface area contributed by atoms with Crippen LogP contribution in [0.25, 0.3) is 88.4 Å². The van der Waals surface area contributed by atoms with Gasteiger partial charge >= 0.3 is 0 Å². The van der Waals surface area contributed by atoms with Crippen molar-refractivity contribution in [2.75, 3.05) is 4.90 Å². The molecule has 332 valence electrons. The first-order chi connectivity index (χ1) is 33.3. The van der Waals surface area contributed by atoms with Crippen molar-refractivity contribution >= 4 is 135 Å². The molecule has 4 aliphatic rings. The fourth-order valence-corrected chi connectivity index (χ4v) is 28.7. The predicted molar refractivity (Wildman–Crippen MR) is 304 cm³/mol. The van der Waals surface area contributed by atoms with Crippen molar-refractivity contribution in [1.29, 1.82) is 0 Å². The molecular weight excluding hydrogens is 903 g/mol. The van der Waals surface area contributed by atoms with Gasteiger partial charge in [0, 0.05) is 44.2 Å². The highest BCUT2D eigenvalue weighted by molar-refractivity contribution is 7.13. The van der Waals surface area contributed by atoms with Gasteiger partial charge in [0.1, 0.15) is 54.6 Å². The summed E-state index contributed by atoms with van der Waals surface area (Å²) in [5, 5.41) is 17.4. The Morgan fingerprint density at radius 1 is 0.319 bits per heavy atom. The summed E-state index contributed by atoms with van der Waals surface area (Å²) in [7, 11) is -8.62. The Labute approximate surface area is 406 Å². The van der Waals surface area contributed by atoms with Gasteiger partial charge < -0.3 is 13.7 Å². The van der Waals surface area contributed by atoms with E-state index < -0.39 is 32.3 Å². The van der Waals surface area contributed by atoms with Gasteiger partial charge in [-0.05, 0) is 135 Å². The molecule has 0 amide bonds. The first kappa shape index (κ1) is 40.2. The lowest BCUT2D eigenvalue weighted by atomic mass is 9.94. The van der Waals surface area contributed by atoms with E-state index in [2.05, 4.69) is 221 Å². The molecule has 0 saturated carbocycles. The van der Waals surface area contributed by atoms with Crippen LogP contribution in [0, 0.1) is 0 Å². The van der Waals surface area contributed by atoms with Gasteiger partial charge in [0.05, 0.1) is 0 Å². The van der Waals surface area contributed by atoms with Gasteiger partial charge in [0.25, 0.3) is 0 Å². The molecule has 2 aromatic heterocycles. The molecule has 6 heterocycles. The topological polar surface area (TPSA) is 29.5 Å². The highest BCUT2D eigenvalue weighted by Crippen LogP contribution is 2.48. The lowest BCUT2D eigenvalue weighted by Crippen LogP contribution is -2.63. The minimum Gasteiger partial charge on any atom is -0.456 e. The first-order valence-corrected chi connectivity index (χ1v) is 36.7. The second-order valence-electron chi connectivity index (χ2n) is 22.4. The molecule has 3 nitrogen and oxygen atoms in total. The minimum atomic E-state index is -2.31. The third-order valence-corrected chi connectivity index (χ3v) is 31.7. The van der Waals surface area contributed by atoms with Gasteiger partial charge in [0.2, 0.25) is 0 Å². The van der Waals surface area contributed by atoms with Gasteiger partial charge in [-0.2, -0.15) is 0 Å². The van der Waals surface area contributed by atoms with E-state index in [-0.39, 0.29) is 0 Å². The number of nitrogens with zero attached hydrogens (tertiary/aromatic N) is 1. The molecular formula is C62H51NO2Si4. The van der Waals surface area contributed by atoms with Crippen molar-refractivity contribution in [3.05, 3.63) is 164 Å². The van der Waals surface area contributed by atoms with E-state index in [1.165, 1.54) is 104 Å². The quantitative estimate of drug-likeness (QED) is 0.165. The Hall–Kier alpha value is -6.75. The van der Waals surface area contributed by atoms with Crippen molar-refractivity contribution in [1.82, 2.24) is 0 Å². The molecule has 0 radical (unpaired) electrons. The number of para-hydroxylation sites is 3. The molecule has 4 aliphatic heterocycles. The summed E-state index contributed by atoms with van der Waals surface area (Å²) in [5.74, 6) is 0. The van der Waals surface area contributed by atoms with E-state index in [9.17, 15) is 0 Å². The zero-order valence-corrected chi connectivity index (χ0v) is 44.4. The highest BCUT2D eigenvalue weighted by atomic mass is 28.3. The lowest BCUT2D eigenvalue weighted by Gasteiger charge is -2.30. The van der Waals surface area contributed by atoms with Crippen LogP contribution in [-0.2, 0) is 0 Å². The van der Waals surface area contributed by atoms with Crippen LogP contribution in [0.15, 0.2) is 173 Å². The maximum atomic E-state index is 7.02. The van der Waals surface area contributed by atoms with E-state index in [0.29, 0.717) is 0 Å². The summed E-state index contributed by atoms with van der Waals surface area (Å²) in [4.78, 5) is 2.54. The van der Waals surface area contributed by atoms with Crippen LogP contribution in [-0.4, -0.2) is 32.3 Å². The number of rotatable bonds is 3. The number of hydrogen-bond donors (Lipinski definition) is 0. The van der Waals surface area contributed by atoms with Crippen LogP contribution >= 0.6 is 0 Å². The zero-order chi connectivity index (χ0) is 46.7. The Bertz CT molecular complexity index is 4150. The highest BCUT2D eigenvalue weighted by Gasteiger charge is 2.51. The molecule has 0 bridgehead atoms. The molecule has 7 heteroatoms. The van der Waals surface area contributed by atoms with Crippen molar-refractivity contribution in [2.24, 2.45) is 0 Å². The fourth-order valence-electron chi connectivity index (χ4n) is 14.1. The van der Waals surface area contributed by atoms with Crippen LogP contribution in [0.5, 0.6) is 0 Å². The second kappa shape index (κ2) is 13.1. The van der Waals surface area contributed by atoms with E-state index in [0.717, 1.165) is 22.3 Å². The predicted octanol–water partition coefficient (Wildman–Crippen LogP) is 12.2. The molecule has 11 aromatic rings. The zero-order valence-electron chi connectivity index (χ0n) is 40.4. The fraction of sp³-hybridized carbons (Fsp3) is 0.129. The number of hydrogen-bond acceptors (Lipinski definition) is 3. The third kappa shape index (κ3) is 4.91. The molecule has 0 aliphatic carbocycles. The standard InChI is InChI=1S/C62H51NO2Si4/c1-66(2)50-31-30-48-55(40-20-12-15-23-46(40)64-48)56(50)45-35-53-44(34-54(45)66)39-28-26-37(32-51(39)67(53,3)4)63(36-18-10-9-11-19-36)38-27-29-43-52(33-38)69(7,8)61-58(43)57-41-21-13-16-24-47(41)65-60(57)59-42-22-14-17-25-49(42)68(5,6)62(59)61/h9-35H,1-8H3. The normalized spacial score (nSPS) is 16.6. The van der Waals surface area contributed by atoms with Gasteiger partial charge in [-0.1, -0.05) is 162 Å². The van der Waals surface area contributed by atoms with E-state index >= 15 is 0 Å². The van der Waals surface area contributed by atoms with Crippen LogP contribution in [0.2, 0.25) is 52.4 Å². The molecule has 9 aromatic carbocycles. The molecule has 0 unspecified atom stereocenters. The first-order valence-electron chi connectivity index (χ1n) is 24.7. The third-order valence-electron chi connectivity index (χ3n) is 17.4. The van der Waals surface area contributed by atoms with Gasteiger partial charge in [-0.25, -0.2) is 0 Å². The number of fused-ring (bicyclic) bond motifs is 22. The minimum absolute atomic E-state index is 0.968. The SMILES string of the molecule is C[Si]1(C)c2cc(N(c3ccccc3)c3ccc4c(c3)[Si](C)(C)c3c5c(c6oc7ccccc7c6c3-4)-c3ccccc3[Si]5(C)C)ccc2-c2cc3c(cc21)-c1c(ccc2oc4ccccc4c12)[Si]3(C)C. The maximum Gasteiger partial charge on any atom is 0.143 e. The van der Waals surface area contributed by atoms with Gasteiger partial charge in [-0.15, -0.1) is 0 Å². The number of anilines is 3. The maximum absolute atomic E-state index is 7.02. The molecule has 0 spiro atoms. The van der Waals surface area contributed by atoms with Crippen molar-refractivity contribution < 1.29 is 8.83 Å². The smallest absolute Gasteiger partial charge is 0.143 e. The Kier molecular flexibility index (Phi) is 7.63. The van der Waals surface area contributed by atoms with Crippen molar-refractivity contribution in [3.63, 3.8) is 0 Å². The average molecular weight is 954 g/mol. The number of benzene rings is 9. The van der Waals surface area contributed by atoms with Crippen LogP contribution in [0.1, 0.15) is 0 Å². The molecule has 15 rings (SSSR count). The molecule has 0 atom stereocenters. The monoisotopic (exact) mass is 953 g/mol. The van der Waals surface area contributed by atoms with Gasteiger partial charge in [-0.3, -0.25) is 0 Å². The second-order valence-corrected chi connectivity index (χ2v) is 39.6. The van der Waals surface area contributed by atoms with Gasteiger partial charge in [0.15, 0.2) is 0 Å². The lowest BCUT2D eigenvalue weighted by molar-refractivity contribution is 0.669. The summed E-state index contributed by atoms with van der Waals surface area (Å²) in [6, 6.07) is 62.4. The summed E-state index contributed by atoms with van der Waals surface area (Å²) in [5.41, 5.74) is 18.9.